The maximum absolute atomic E-state index is 12.5. The monoisotopic (exact) mass is 336 g/mol. The summed E-state index contributed by atoms with van der Waals surface area (Å²) in [7, 11) is 0. The van der Waals surface area contributed by atoms with Crippen molar-refractivity contribution in [3.63, 3.8) is 0 Å². The molecule has 7 heteroatoms. The summed E-state index contributed by atoms with van der Waals surface area (Å²) >= 11 is 0. The lowest BCUT2D eigenvalue weighted by atomic mass is 9.99. The Bertz CT molecular complexity index is 512. The van der Waals surface area contributed by atoms with Crippen LogP contribution in [0.1, 0.15) is 46.0 Å². The number of aliphatic imine (C=N–C) groups is 1. The maximum Gasteiger partial charge on any atom is 0.330 e. The molecule has 2 saturated heterocycles. The van der Waals surface area contributed by atoms with E-state index in [4.69, 9.17) is 0 Å². The Balaban J connectivity index is 1.96. The van der Waals surface area contributed by atoms with Crippen molar-refractivity contribution in [1.29, 1.82) is 0 Å². The van der Waals surface area contributed by atoms with Gasteiger partial charge >= 0.3 is 6.03 Å². The van der Waals surface area contributed by atoms with Crippen molar-refractivity contribution in [3.05, 3.63) is 0 Å². The van der Waals surface area contributed by atoms with Crippen LogP contribution in [-0.2, 0) is 9.59 Å². The normalized spacial score (nSPS) is 23.6. The van der Waals surface area contributed by atoms with Crippen LogP contribution in [0.5, 0.6) is 0 Å². The molecule has 134 valence electrons. The van der Waals surface area contributed by atoms with Crippen molar-refractivity contribution in [2.24, 2.45) is 10.9 Å². The fourth-order valence-electron chi connectivity index (χ4n) is 3.15. The number of urea groups is 1. The molecule has 0 aromatic heterocycles. The smallest absolute Gasteiger partial charge is 0.301 e. The molecule has 0 aromatic rings. The van der Waals surface area contributed by atoms with Crippen LogP contribution in [0.4, 0.5) is 4.79 Å². The molecular formula is C17H28N4O3. The van der Waals surface area contributed by atoms with Crippen molar-refractivity contribution in [2.75, 3.05) is 32.7 Å². The number of hydrogen-bond donors (Lipinski definition) is 1. The summed E-state index contributed by atoms with van der Waals surface area (Å²) in [5, 5.41) is 2.28. The Kier molecular flexibility index (Phi) is 6.90. The molecule has 0 aliphatic carbocycles. The van der Waals surface area contributed by atoms with Gasteiger partial charge in [-0.3, -0.25) is 24.8 Å². The van der Waals surface area contributed by atoms with Gasteiger partial charge < -0.3 is 4.90 Å². The van der Waals surface area contributed by atoms with Gasteiger partial charge in [-0.2, -0.15) is 0 Å². The van der Waals surface area contributed by atoms with Gasteiger partial charge in [-0.1, -0.05) is 19.8 Å². The third kappa shape index (κ3) is 4.63. The predicted octanol–water partition coefficient (Wildman–Crippen LogP) is 1.43. The van der Waals surface area contributed by atoms with Crippen molar-refractivity contribution in [1.82, 2.24) is 15.1 Å². The summed E-state index contributed by atoms with van der Waals surface area (Å²) in [5.74, 6) is -1.98. The molecule has 7 nitrogen and oxygen atoms in total. The van der Waals surface area contributed by atoms with E-state index in [0.717, 1.165) is 37.4 Å². The zero-order valence-electron chi connectivity index (χ0n) is 14.7. The van der Waals surface area contributed by atoms with E-state index < -0.39 is 23.8 Å². The van der Waals surface area contributed by atoms with Gasteiger partial charge in [0.1, 0.15) is 0 Å². The third-order valence-electron chi connectivity index (χ3n) is 4.63. The average Bonchev–Trinajstić information content (AvgIpc) is 2.55. The first-order valence-electron chi connectivity index (χ1n) is 8.94. The molecule has 24 heavy (non-hydrogen) atoms. The Morgan fingerprint density at radius 2 is 1.88 bits per heavy atom. The zero-order valence-corrected chi connectivity index (χ0v) is 14.7. The summed E-state index contributed by atoms with van der Waals surface area (Å²) in [6, 6.07) is -0.615. The van der Waals surface area contributed by atoms with Gasteiger partial charge in [-0.25, -0.2) is 4.79 Å². The highest BCUT2D eigenvalue weighted by Crippen LogP contribution is 2.14. The number of imide groups is 2. The fraction of sp³-hybridized carbons (Fsp3) is 0.765. The van der Waals surface area contributed by atoms with E-state index in [1.807, 2.05) is 6.92 Å². The Labute approximate surface area is 143 Å². The molecule has 4 amide bonds. The van der Waals surface area contributed by atoms with E-state index in [1.165, 1.54) is 19.3 Å². The zero-order chi connectivity index (χ0) is 17.5. The molecule has 2 aliphatic rings. The van der Waals surface area contributed by atoms with Crippen LogP contribution in [-0.4, -0.2) is 66.1 Å². The molecule has 0 saturated carbocycles. The van der Waals surface area contributed by atoms with Crippen LogP contribution in [0, 0.1) is 5.92 Å². The number of nitrogens with one attached hydrogen (secondary N) is 1. The number of rotatable bonds is 7. The molecule has 2 heterocycles. The van der Waals surface area contributed by atoms with Crippen molar-refractivity contribution >= 4 is 23.6 Å². The number of amides is 4. The van der Waals surface area contributed by atoms with Gasteiger partial charge in [0, 0.05) is 18.8 Å². The van der Waals surface area contributed by atoms with E-state index in [9.17, 15) is 14.4 Å². The summed E-state index contributed by atoms with van der Waals surface area (Å²) < 4.78 is 0. The van der Waals surface area contributed by atoms with Crippen LogP contribution < -0.4 is 5.32 Å². The second kappa shape index (κ2) is 8.92. The van der Waals surface area contributed by atoms with Crippen LogP contribution in [0.25, 0.3) is 0 Å². The van der Waals surface area contributed by atoms with E-state index in [2.05, 4.69) is 15.2 Å². The van der Waals surface area contributed by atoms with Crippen LogP contribution >= 0.6 is 0 Å². The summed E-state index contributed by atoms with van der Waals surface area (Å²) in [6.07, 6.45) is 5.34. The van der Waals surface area contributed by atoms with Gasteiger partial charge in [0.05, 0.1) is 6.54 Å². The van der Waals surface area contributed by atoms with E-state index >= 15 is 0 Å². The Morgan fingerprint density at radius 1 is 1.17 bits per heavy atom. The Morgan fingerprint density at radius 3 is 2.54 bits per heavy atom. The molecule has 0 unspecified atom stereocenters. The molecule has 0 spiro atoms. The van der Waals surface area contributed by atoms with Gasteiger partial charge in [-0.15, -0.1) is 0 Å². The highest BCUT2D eigenvalue weighted by molar-refractivity contribution is 6.27. The third-order valence-corrected chi connectivity index (χ3v) is 4.63. The number of carbonyl (C=O) groups excluding carboxylic acids is 3. The van der Waals surface area contributed by atoms with E-state index in [1.54, 1.807) is 6.92 Å². The number of likely N-dealkylation sites (tertiary alicyclic amines) is 1. The number of unbranched alkanes of at least 4 members (excludes halogenated alkanes) is 1. The lowest BCUT2D eigenvalue weighted by molar-refractivity contribution is -0.139. The van der Waals surface area contributed by atoms with Crippen LogP contribution in [0.3, 0.4) is 0 Å². The highest BCUT2D eigenvalue weighted by atomic mass is 16.2. The minimum atomic E-state index is -0.971. The van der Waals surface area contributed by atoms with Gasteiger partial charge in [0.15, 0.2) is 5.92 Å². The van der Waals surface area contributed by atoms with Crippen molar-refractivity contribution in [2.45, 2.75) is 46.0 Å². The lowest BCUT2D eigenvalue weighted by Crippen LogP contribution is -2.59. The summed E-state index contributed by atoms with van der Waals surface area (Å²) in [6.45, 7) is 7.64. The quantitative estimate of drug-likeness (QED) is 0.563. The molecule has 0 bridgehead atoms. The van der Waals surface area contributed by atoms with Crippen LogP contribution in [0.2, 0.25) is 0 Å². The number of piperidine rings is 1. The number of carbonyl (C=O) groups is 3. The summed E-state index contributed by atoms with van der Waals surface area (Å²) in [5.41, 5.74) is 0.489. The first-order chi connectivity index (χ1) is 11.5. The topological polar surface area (TPSA) is 82.1 Å². The van der Waals surface area contributed by atoms with Gasteiger partial charge in [-0.05, 0) is 39.3 Å². The van der Waals surface area contributed by atoms with Gasteiger partial charge in [0.2, 0.25) is 11.8 Å². The molecule has 1 atom stereocenters. The highest BCUT2D eigenvalue weighted by Gasteiger charge is 2.41. The average molecular weight is 336 g/mol. The first-order valence-corrected chi connectivity index (χ1v) is 8.94. The van der Waals surface area contributed by atoms with Gasteiger partial charge in [0.25, 0.3) is 0 Å². The molecule has 2 rings (SSSR count). The minimum Gasteiger partial charge on any atom is -0.301 e. The number of barbiturate groups is 1. The maximum atomic E-state index is 12.5. The van der Waals surface area contributed by atoms with Crippen LogP contribution in [0.15, 0.2) is 4.99 Å². The molecule has 0 radical (unpaired) electrons. The number of hydrogen-bond acceptors (Lipinski definition) is 5. The first kappa shape index (κ1) is 18.6. The molecule has 0 aromatic carbocycles. The summed E-state index contributed by atoms with van der Waals surface area (Å²) in [4.78, 5) is 44.4. The fourth-order valence-corrected chi connectivity index (χ4v) is 3.15. The lowest BCUT2D eigenvalue weighted by Gasteiger charge is -2.30. The number of nitrogens with zero attached hydrogens (tertiary/aromatic N) is 3. The molecule has 2 aliphatic heterocycles. The largest absolute Gasteiger partial charge is 0.330 e. The standard InChI is InChI=1S/C17H28N4O3/c1-3-4-11-21-16(23)14(15(22)19-17(21)24)13(2)18-8-12-20-9-6-5-7-10-20/h14H,3-12H2,1-2H3,(H,19,22,24)/t14-/m0/s1. The molecule has 2 fully saturated rings. The minimum absolute atomic E-state index is 0.339. The van der Waals surface area contributed by atoms with E-state index in [-0.39, 0.29) is 0 Å². The SMILES string of the molecule is CCCCN1C(=O)NC(=O)[C@H](C(C)=NCCN2CCCCC2)C1=O. The second-order valence-corrected chi connectivity index (χ2v) is 6.50. The van der Waals surface area contributed by atoms with E-state index in [0.29, 0.717) is 18.8 Å². The predicted molar refractivity (Wildman–Crippen MR) is 91.9 cm³/mol. The van der Waals surface area contributed by atoms with Crippen molar-refractivity contribution in [3.8, 4) is 0 Å². The molecular weight excluding hydrogens is 308 g/mol. The Hall–Kier alpha value is -1.76. The second-order valence-electron chi connectivity index (χ2n) is 6.50. The molecule has 1 N–H and O–H groups in total. The van der Waals surface area contributed by atoms with Crippen molar-refractivity contribution < 1.29 is 14.4 Å².